The summed E-state index contributed by atoms with van der Waals surface area (Å²) in [5.41, 5.74) is 3.80. The predicted octanol–water partition coefficient (Wildman–Crippen LogP) is 6.38. The Hall–Kier alpha value is -5.30. The highest BCUT2D eigenvalue weighted by Crippen LogP contribution is 2.26. The van der Waals surface area contributed by atoms with Crippen molar-refractivity contribution in [1.29, 1.82) is 0 Å². The first-order valence-electron chi connectivity index (χ1n) is 14.5. The number of ether oxygens (including phenoxy) is 1. The lowest BCUT2D eigenvalue weighted by Crippen LogP contribution is -2.33. The monoisotopic (exact) mass is 567 g/mol. The molecule has 0 saturated carbocycles. The van der Waals surface area contributed by atoms with E-state index in [2.05, 4.69) is 86.7 Å². The zero-order chi connectivity index (χ0) is 29.4. The zero-order valence-corrected chi connectivity index (χ0v) is 24.1. The molecule has 4 aromatic carbocycles. The lowest BCUT2D eigenvalue weighted by atomic mass is 9.98. The molecular weight excluding hydrogens is 534 g/mol. The summed E-state index contributed by atoms with van der Waals surface area (Å²) in [6, 6.07) is 37.9. The van der Waals surface area contributed by atoms with Gasteiger partial charge in [0.25, 0.3) is 5.91 Å². The minimum Gasteiger partial charge on any atom is -0.497 e. The van der Waals surface area contributed by atoms with Crippen LogP contribution in [0.5, 0.6) is 5.75 Å². The Balaban J connectivity index is 1.40. The Labute approximate surface area is 251 Å². The molecule has 2 aromatic heterocycles. The van der Waals surface area contributed by atoms with E-state index in [4.69, 9.17) is 9.84 Å². The van der Waals surface area contributed by atoms with Gasteiger partial charge in [0, 0.05) is 19.0 Å². The molecule has 0 radical (unpaired) electrons. The largest absolute Gasteiger partial charge is 0.497 e. The number of methoxy groups -OCH3 is 1. The number of aromatic nitrogens is 4. The summed E-state index contributed by atoms with van der Waals surface area (Å²) in [5.74, 6) is 2.12. The topological polar surface area (TPSA) is 81.9 Å². The van der Waals surface area contributed by atoms with Gasteiger partial charge in [0.2, 0.25) is 0 Å². The fraction of sp³-hybridized carbons (Fsp3) is 0.167. The molecule has 7 heteroatoms. The summed E-state index contributed by atoms with van der Waals surface area (Å²) in [6.07, 6.45) is 3.71. The van der Waals surface area contributed by atoms with Gasteiger partial charge < -0.3 is 14.6 Å². The number of rotatable bonds is 11. The van der Waals surface area contributed by atoms with Crippen LogP contribution in [0, 0.1) is 0 Å². The van der Waals surface area contributed by atoms with Crippen molar-refractivity contribution in [2.75, 3.05) is 7.11 Å². The highest BCUT2D eigenvalue weighted by molar-refractivity contribution is 5.92. The van der Waals surface area contributed by atoms with E-state index >= 15 is 0 Å². The van der Waals surface area contributed by atoms with Gasteiger partial charge in [0.05, 0.1) is 19.7 Å². The molecule has 0 aliphatic carbocycles. The van der Waals surface area contributed by atoms with E-state index in [-0.39, 0.29) is 5.91 Å². The Bertz CT molecular complexity index is 1800. The van der Waals surface area contributed by atoms with E-state index < -0.39 is 6.04 Å². The van der Waals surface area contributed by atoms with Crippen molar-refractivity contribution in [3.05, 3.63) is 155 Å². The van der Waals surface area contributed by atoms with Crippen LogP contribution in [0.25, 0.3) is 10.8 Å². The van der Waals surface area contributed by atoms with Crippen molar-refractivity contribution in [1.82, 2.24) is 25.1 Å². The number of pyridine rings is 1. The number of nitrogens with one attached hydrogen (secondary N) is 1. The van der Waals surface area contributed by atoms with E-state index in [1.54, 1.807) is 25.4 Å². The van der Waals surface area contributed by atoms with Gasteiger partial charge in [0.1, 0.15) is 17.3 Å². The van der Waals surface area contributed by atoms with E-state index in [9.17, 15) is 4.79 Å². The third-order valence-electron chi connectivity index (χ3n) is 7.65. The Morgan fingerprint density at radius 3 is 2.35 bits per heavy atom. The van der Waals surface area contributed by atoms with Gasteiger partial charge in [-0.15, -0.1) is 10.2 Å². The van der Waals surface area contributed by atoms with Gasteiger partial charge >= 0.3 is 0 Å². The molecule has 214 valence electrons. The number of aryl methyl sites for hydroxylation is 2. The number of carbonyl (C=O) groups excluding carboxylic acids is 1. The van der Waals surface area contributed by atoms with Crippen molar-refractivity contribution in [2.24, 2.45) is 0 Å². The normalized spacial score (nSPS) is 11.7. The Kier molecular flexibility index (Phi) is 8.50. The van der Waals surface area contributed by atoms with Crippen LogP contribution < -0.4 is 10.1 Å². The van der Waals surface area contributed by atoms with Gasteiger partial charge in [-0.2, -0.15) is 0 Å². The molecule has 0 saturated heterocycles. The van der Waals surface area contributed by atoms with Crippen LogP contribution in [0.2, 0.25) is 0 Å². The molecule has 0 unspecified atom stereocenters. The second-order valence-electron chi connectivity index (χ2n) is 10.5. The van der Waals surface area contributed by atoms with Crippen LogP contribution in [0.1, 0.15) is 44.9 Å². The standard InChI is InChI=1S/C36H33N5O2/c1-43-30-20-17-27(18-21-30)25-41-34(22-19-26-10-3-2-4-11-26)39-40-35(41)33(38-36(42)32-16-7-8-23-37-32)24-29-14-9-13-28-12-5-6-15-31(28)29/h2-18,20-21,23,33H,19,22,24-25H2,1H3,(H,38,42)/t33-/m1/s1. The van der Waals surface area contributed by atoms with Crippen LogP contribution in [-0.4, -0.2) is 32.8 Å². The number of carbonyl (C=O) groups is 1. The van der Waals surface area contributed by atoms with Crippen molar-refractivity contribution in [3.8, 4) is 5.75 Å². The first-order chi connectivity index (χ1) is 21.2. The van der Waals surface area contributed by atoms with Crippen molar-refractivity contribution < 1.29 is 9.53 Å². The van der Waals surface area contributed by atoms with Crippen LogP contribution in [-0.2, 0) is 25.8 Å². The number of fused-ring (bicyclic) bond motifs is 1. The minimum atomic E-state index is -0.448. The quantitative estimate of drug-likeness (QED) is 0.196. The van der Waals surface area contributed by atoms with Crippen molar-refractivity contribution >= 4 is 16.7 Å². The van der Waals surface area contributed by atoms with Gasteiger partial charge in [-0.1, -0.05) is 91.0 Å². The van der Waals surface area contributed by atoms with Crippen LogP contribution >= 0.6 is 0 Å². The predicted molar refractivity (Wildman–Crippen MR) is 168 cm³/mol. The van der Waals surface area contributed by atoms with E-state index in [1.807, 2.05) is 36.4 Å². The number of hydrogen-bond donors (Lipinski definition) is 1. The summed E-state index contributed by atoms with van der Waals surface area (Å²) in [5, 5.41) is 15.0. The molecule has 7 nitrogen and oxygen atoms in total. The highest BCUT2D eigenvalue weighted by atomic mass is 16.5. The molecule has 2 heterocycles. The third-order valence-corrected chi connectivity index (χ3v) is 7.65. The minimum absolute atomic E-state index is 0.254. The molecule has 0 bridgehead atoms. The van der Waals surface area contributed by atoms with E-state index in [1.165, 1.54) is 5.56 Å². The summed E-state index contributed by atoms with van der Waals surface area (Å²) in [6.45, 7) is 0.557. The smallest absolute Gasteiger partial charge is 0.270 e. The molecule has 0 spiro atoms. The molecule has 1 N–H and O–H groups in total. The van der Waals surface area contributed by atoms with Crippen molar-refractivity contribution in [2.45, 2.75) is 31.8 Å². The average Bonchev–Trinajstić information content (AvgIpc) is 3.46. The third kappa shape index (κ3) is 6.62. The molecular formula is C36H33N5O2. The number of nitrogens with zero attached hydrogens (tertiary/aromatic N) is 4. The fourth-order valence-corrected chi connectivity index (χ4v) is 5.41. The second-order valence-corrected chi connectivity index (χ2v) is 10.5. The Morgan fingerprint density at radius 1 is 0.791 bits per heavy atom. The van der Waals surface area contributed by atoms with E-state index in [0.29, 0.717) is 30.9 Å². The highest BCUT2D eigenvalue weighted by Gasteiger charge is 2.25. The summed E-state index contributed by atoms with van der Waals surface area (Å²) >= 11 is 0. The van der Waals surface area contributed by atoms with Crippen LogP contribution in [0.3, 0.4) is 0 Å². The number of amides is 1. The maximum atomic E-state index is 13.5. The average molecular weight is 568 g/mol. The molecule has 6 aromatic rings. The van der Waals surface area contributed by atoms with E-state index in [0.717, 1.165) is 39.9 Å². The summed E-state index contributed by atoms with van der Waals surface area (Å²) < 4.78 is 7.53. The SMILES string of the molecule is COc1ccc(Cn2c(CCc3ccccc3)nnc2[C@@H](Cc2cccc3ccccc23)NC(=O)c2ccccn2)cc1. The second kappa shape index (κ2) is 13.1. The first kappa shape index (κ1) is 27.8. The van der Waals surface area contributed by atoms with Gasteiger partial charge in [-0.25, -0.2) is 0 Å². The molecule has 43 heavy (non-hydrogen) atoms. The molecule has 0 aliphatic heterocycles. The molecule has 6 rings (SSSR count). The lowest BCUT2D eigenvalue weighted by Gasteiger charge is -2.21. The van der Waals surface area contributed by atoms with Gasteiger partial charge in [0.15, 0.2) is 5.82 Å². The maximum Gasteiger partial charge on any atom is 0.270 e. The number of benzene rings is 4. The first-order valence-corrected chi connectivity index (χ1v) is 14.5. The molecule has 1 amide bonds. The van der Waals surface area contributed by atoms with Gasteiger partial charge in [-0.3, -0.25) is 9.78 Å². The van der Waals surface area contributed by atoms with Crippen LogP contribution in [0.15, 0.2) is 121 Å². The zero-order valence-electron chi connectivity index (χ0n) is 24.1. The molecule has 1 atom stereocenters. The van der Waals surface area contributed by atoms with Crippen LogP contribution in [0.4, 0.5) is 0 Å². The van der Waals surface area contributed by atoms with Crippen molar-refractivity contribution in [3.63, 3.8) is 0 Å². The number of hydrogen-bond acceptors (Lipinski definition) is 5. The Morgan fingerprint density at radius 2 is 1.56 bits per heavy atom. The van der Waals surface area contributed by atoms with Gasteiger partial charge in [-0.05, 0) is 58.1 Å². The molecule has 0 aliphatic rings. The molecule has 0 fully saturated rings. The summed E-state index contributed by atoms with van der Waals surface area (Å²) in [4.78, 5) is 17.8. The lowest BCUT2D eigenvalue weighted by molar-refractivity contribution is 0.0929. The maximum absolute atomic E-state index is 13.5. The summed E-state index contributed by atoms with van der Waals surface area (Å²) in [7, 11) is 1.66. The fourth-order valence-electron chi connectivity index (χ4n) is 5.41.